The molecule has 1 amide bonds. The van der Waals surface area contributed by atoms with Crippen molar-refractivity contribution in [3.8, 4) is 11.8 Å². The summed E-state index contributed by atoms with van der Waals surface area (Å²) >= 11 is 0. The van der Waals surface area contributed by atoms with Gasteiger partial charge in [0.15, 0.2) is 5.65 Å². The lowest BCUT2D eigenvalue weighted by Gasteiger charge is -2.33. The molecule has 4 aromatic rings. The molecule has 0 aliphatic carbocycles. The molecule has 1 fully saturated rings. The molecule has 7 nitrogen and oxygen atoms in total. The van der Waals surface area contributed by atoms with Gasteiger partial charge < -0.3 is 10.2 Å². The Morgan fingerprint density at radius 1 is 1.18 bits per heavy atom. The first kappa shape index (κ1) is 17.4. The van der Waals surface area contributed by atoms with E-state index in [1.807, 2.05) is 0 Å². The van der Waals surface area contributed by atoms with Crippen LogP contribution in [0.3, 0.4) is 0 Å². The summed E-state index contributed by atoms with van der Waals surface area (Å²) in [6.45, 7) is -11.8. The summed E-state index contributed by atoms with van der Waals surface area (Å²) in [7, 11) is 1.16. The third-order valence-corrected chi connectivity index (χ3v) is 5.74. The fraction of sp³-hybridized carbons (Fsp3) is 0.276. The number of piperazine rings is 1. The van der Waals surface area contributed by atoms with Crippen LogP contribution in [0.25, 0.3) is 5.65 Å². The average molecular weight is 542 g/mol. The van der Waals surface area contributed by atoms with Crippen molar-refractivity contribution in [2.24, 2.45) is 0 Å². The van der Waals surface area contributed by atoms with E-state index >= 15 is 0 Å². The van der Waals surface area contributed by atoms with Gasteiger partial charge in [0, 0.05) is 67.9 Å². The van der Waals surface area contributed by atoms with E-state index in [1.54, 1.807) is 12.1 Å². The first-order chi connectivity index (χ1) is 22.1. The lowest BCUT2D eigenvalue weighted by atomic mass is 10.0. The van der Waals surface area contributed by atoms with Gasteiger partial charge >= 0.3 is 6.18 Å². The van der Waals surface area contributed by atoms with Crippen LogP contribution in [0.15, 0.2) is 60.9 Å². The highest BCUT2D eigenvalue weighted by atomic mass is 19.4. The molecule has 2 aromatic carbocycles. The molecule has 0 saturated carbocycles. The number of hydrogen-bond acceptors (Lipinski definition) is 5. The number of benzene rings is 2. The van der Waals surface area contributed by atoms with Gasteiger partial charge in [0.25, 0.3) is 5.91 Å². The Morgan fingerprint density at radius 2 is 2.00 bits per heavy atom. The van der Waals surface area contributed by atoms with Gasteiger partial charge in [-0.25, -0.2) is 9.50 Å². The zero-order chi connectivity index (χ0) is 35.4. The van der Waals surface area contributed by atoms with Crippen molar-refractivity contribution in [1.29, 1.82) is 0 Å². The Morgan fingerprint density at radius 3 is 2.77 bits per heavy atom. The third kappa shape index (κ3) is 6.11. The van der Waals surface area contributed by atoms with E-state index in [0.29, 0.717) is 22.3 Å². The molecule has 0 radical (unpaired) electrons. The van der Waals surface area contributed by atoms with Crippen LogP contribution in [0.4, 0.5) is 18.9 Å². The number of anilines is 1. The van der Waals surface area contributed by atoms with E-state index in [1.165, 1.54) is 35.1 Å². The van der Waals surface area contributed by atoms with Gasteiger partial charge in [-0.3, -0.25) is 9.69 Å². The molecule has 0 atom stereocenters. The van der Waals surface area contributed by atoms with E-state index in [0.717, 1.165) is 24.1 Å². The number of fused-ring (bicyclic) bond motifs is 1. The molecule has 10 heteroatoms. The summed E-state index contributed by atoms with van der Waals surface area (Å²) in [5.74, 6) is 4.61. The minimum absolute atomic E-state index is 0.0417. The van der Waals surface area contributed by atoms with E-state index in [4.69, 9.17) is 12.3 Å². The van der Waals surface area contributed by atoms with Crippen molar-refractivity contribution in [3.63, 3.8) is 0 Å². The molecule has 1 aliphatic rings. The normalized spacial score (nSPS) is 21.4. The number of aromatic nitrogens is 3. The molecule has 0 unspecified atom stereocenters. The zero-order valence-electron chi connectivity index (χ0n) is 29.5. The molecule has 1 aliphatic heterocycles. The van der Waals surface area contributed by atoms with Gasteiger partial charge in [-0.05, 0) is 67.3 Å². The molecule has 200 valence electrons. The number of alkyl halides is 3. The molecular formula is C29H27F3N6O. The number of rotatable bonds is 4. The first-order valence-electron chi connectivity index (χ1n) is 16.1. The standard InChI is InChI=1S/C29H27F3N6O/c1-20-5-6-22(16-21(20)8-10-25-18-33-27-4-3-11-34-38(25)27)28(39)35-24-9-7-23(26(17-24)29(30,31)32)19-37-14-12-36(2)13-15-37/h3-7,9,11,16-18H,12-15,19H2,1-2H3,(H,35,39)/i1D3,12D2,13D2,19D2. The summed E-state index contributed by atoms with van der Waals surface area (Å²) in [4.78, 5) is 18.8. The Kier molecular flexibility index (Phi) is 4.86. The average Bonchev–Trinajstić information content (AvgIpc) is 3.40. The van der Waals surface area contributed by atoms with E-state index in [2.05, 4.69) is 27.2 Å². The summed E-state index contributed by atoms with van der Waals surface area (Å²) < 4.78 is 118. The molecule has 1 saturated heterocycles. The molecular weight excluding hydrogens is 505 g/mol. The molecule has 3 heterocycles. The Balaban J connectivity index is 1.47. The largest absolute Gasteiger partial charge is 0.416 e. The maximum Gasteiger partial charge on any atom is 0.416 e. The Hall–Kier alpha value is -4.20. The Bertz CT molecular complexity index is 1930. The fourth-order valence-corrected chi connectivity index (χ4v) is 3.74. The quantitative estimate of drug-likeness (QED) is 0.387. The van der Waals surface area contributed by atoms with Crippen molar-refractivity contribution in [2.45, 2.75) is 19.5 Å². The number of aryl methyl sites for hydroxylation is 1. The van der Waals surface area contributed by atoms with Crippen LogP contribution in [0.2, 0.25) is 0 Å². The van der Waals surface area contributed by atoms with E-state index in [-0.39, 0.29) is 22.4 Å². The number of carbonyl (C=O) groups is 1. The predicted octanol–water partition coefficient (Wildman–Crippen LogP) is 4.46. The smallest absolute Gasteiger partial charge is 0.322 e. The second-order valence-corrected chi connectivity index (χ2v) is 8.50. The van der Waals surface area contributed by atoms with Crippen molar-refractivity contribution in [1.82, 2.24) is 24.4 Å². The maximum atomic E-state index is 14.3. The third-order valence-electron chi connectivity index (χ3n) is 5.74. The molecule has 1 N–H and O–H groups in total. The second kappa shape index (κ2) is 10.9. The summed E-state index contributed by atoms with van der Waals surface area (Å²) in [6.07, 6.45) is -2.18. The number of carbonyl (C=O) groups excluding carboxylic acids is 1. The lowest BCUT2D eigenvalue weighted by molar-refractivity contribution is -0.138. The highest BCUT2D eigenvalue weighted by Crippen LogP contribution is 2.34. The highest BCUT2D eigenvalue weighted by Gasteiger charge is 2.34. The number of hydrogen-bond donors (Lipinski definition) is 1. The minimum Gasteiger partial charge on any atom is -0.322 e. The van der Waals surface area contributed by atoms with Crippen LogP contribution >= 0.6 is 0 Å². The molecule has 39 heavy (non-hydrogen) atoms. The molecule has 0 spiro atoms. The van der Waals surface area contributed by atoms with Gasteiger partial charge in [-0.1, -0.05) is 18.1 Å². The van der Waals surface area contributed by atoms with Gasteiger partial charge in [-0.15, -0.1) is 0 Å². The van der Waals surface area contributed by atoms with Gasteiger partial charge in [-0.2, -0.15) is 18.3 Å². The lowest BCUT2D eigenvalue weighted by Crippen LogP contribution is -2.44. The molecule has 0 bridgehead atoms. The van der Waals surface area contributed by atoms with Crippen LogP contribution in [0, 0.1) is 18.7 Å². The van der Waals surface area contributed by atoms with Gasteiger partial charge in [0.05, 0.1) is 11.8 Å². The number of amides is 1. The van der Waals surface area contributed by atoms with Gasteiger partial charge in [0.1, 0.15) is 5.69 Å². The van der Waals surface area contributed by atoms with Crippen LogP contribution < -0.4 is 5.32 Å². The first-order valence-corrected chi connectivity index (χ1v) is 11.6. The predicted molar refractivity (Wildman–Crippen MR) is 142 cm³/mol. The number of nitrogens with zero attached hydrogens (tertiary/aromatic N) is 5. The van der Waals surface area contributed by atoms with Crippen molar-refractivity contribution >= 4 is 17.2 Å². The second-order valence-electron chi connectivity index (χ2n) is 8.50. The van der Waals surface area contributed by atoms with Crippen LogP contribution in [0.1, 0.15) is 50.6 Å². The zero-order valence-corrected chi connectivity index (χ0v) is 20.5. The Labute approximate surface area is 236 Å². The topological polar surface area (TPSA) is 65.8 Å². The molecule has 2 aromatic heterocycles. The summed E-state index contributed by atoms with van der Waals surface area (Å²) in [5, 5.41) is 6.47. The number of nitrogens with one attached hydrogen (secondary N) is 1. The minimum atomic E-state index is -5.12. The summed E-state index contributed by atoms with van der Waals surface area (Å²) in [6, 6.07) is 9.27. The van der Waals surface area contributed by atoms with Crippen molar-refractivity contribution in [3.05, 3.63) is 94.4 Å². The van der Waals surface area contributed by atoms with E-state index in [9.17, 15) is 18.0 Å². The van der Waals surface area contributed by atoms with Crippen molar-refractivity contribution < 1.29 is 30.3 Å². The fourth-order valence-electron chi connectivity index (χ4n) is 3.74. The number of halogens is 3. The number of likely N-dealkylation sites (N-methyl/N-ethyl adjacent to an activating group) is 1. The summed E-state index contributed by atoms with van der Waals surface area (Å²) in [5.41, 5.74) is -2.23. The van der Waals surface area contributed by atoms with Crippen LogP contribution in [0.5, 0.6) is 0 Å². The maximum absolute atomic E-state index is 14.3. The molecule has 5 rings (SSSR count). The highest BCUT2D eigenvalue weighted by molar-refractivity contribution is 6.04. The van der Waals surface area contributed by atoms with E-state index < -0.39 is 62.6 Å². The van der Waals surface area contributed by atoms with Crippen LogP contribution in [-0.2, 0) is 12.7 Å². The van der Waals surface area contributed by atoms with Crippen LogP contribution in [-0.4, -0.2) is 63.4 Å². The number of imidazole rings is 1. The van der Waals surface area contributed by atoms with Crippen molar-refractivity contribution in [2.75, 3.05) is 38.4 Å². The van der Waals surface area contributed by atoms with Gasteiger partial charge in [0.2, 0.25) is 0 Å². The SMILES string of the molecule is [2H]C([2H])([2H])c1ccc(C(=O)Nc2ccc(C([2H])([2H])N3CC([2H])([2H])N(C)C([2H])([2H])C3)c(C(F)(F)F)c2)cc1C#Cc1cnc2cccnn12. The monoisotopic (exact) mass is 541 g/mol.